The van der Waals surface area contributed by atoms with Crippen LogP contribution in [0.2, 0.25) is 0 Å². The quantitative estimate of drug-likeness (QED) is 0.788. The van der Waals surface area contributed by atoms with Gasteiger partial charge in [-0.15, -0.1) is 11.3 Å². The minimum atomic E-state index is -1.18. The van der Waals surface area contributed by atoms with Gasteiger partial charge in [0, 0.05) is 18.4 Å². The predicted molar refractivity (Wildman–Crippen MR) is 80.6 cm³/mol. The standard InChI is InChI=1S/C15H22N2O3S/c1-3-5-6-12(18)16-14-13(15(19)20)10-7-8-17(4-2)9-11(10)21-14/h3-9H2,1-2H3,(H,16,18)(H,19,20). The maximum Gasteiger partial charge on any atom is 0.224 e. The molecule has 1 aliphatic heterocycles. The third-order valence-electron chi connectivity index (χ3n) is 3.94. The molecule has 1 aliphatic rings. The number of fused-ring (bicyclic) bond motifs is 1. The summed E-state index contributed by atoms with van der Waals surface area (Å²) in [5.74, 6) is -1.30. The number of likely N-dealkylation sites (N-methyl/N-ethyl adjacent to an activating group) is 1. The first-order valence-corrected chi connectivity index (χ1v) is 8.37. The number of hydrogen-bond donors (Lipinski definition) is 2. The van der Waals surface area contributed by atoms with E-state index in [1.807, 2.05) is 6.92 Å². The van der Waals surface area contributed by atoms with Crippen LogP contribution in [-0.4, -0.2) is 25.0 Å². The van der Waals surface area contributed by atoms with Crippen LogP contribution in [0, 0.1) is 0 Å². The molecule has 0 saturated carbocycles. The second-order valence-electron chi connectivity index (χ2n) is 5.43. The molecule has 2 heterocycles. The Morgan fingerprint density at radius 1 is 1.38 bits per heavy atom. The van der Waals surface area contributed by atoms with Crippen LogP contribution in [0.15, 0.2) is 0 Å². The molecule has 0 bridgehead atoms. The van der Waals surface area contributed by atoms with Crippen molar-refractivity contribution in [1.29, 1.82) is 0 Å². The highest BCUT2D eigenvalue weighted by molar-refractivity contribution is 7.16. The number of thiophene rings is 1. The highest BCUT2D eigenvalue weighted by Gasteiger charge is 2.27. The molecule has 21 heavy (non-hydrogen) atoms. The predicted octanol–water partition coefficient (Wildman–Crippen LogP) is 0.201. The highest BCUT2D eigenvalue weighted by Crippen LogP contribution is 2.34. The van der Waals surface area contributed by atoms with E-state index in [1.165, 1.54) is 16.2 Å². The number of nitrogens with one attached hydrogen (secondary N) is 2. The number of carbonyl (C=O) groups is 2. The number of anilines is 1. The molecule has 5 nitrogen and oxygen atoms in total. The average Bonchev–Trinajstić information content (AvgIpc) is 2.81. The van der Waals surface area contributed by atoms with Crippen LogP contribution in [-0.2, 0) is 17.8 Å². The number of hydrogen-bond acceptors (Lipinski definition) is 4. The topological polar surface area (TPSA) is 73.7 Å². The van der Waals surface area contributed by atoms with Crippen LogP contribution in [0.5, 0.6) is 0 Å². The van der Waals surface area contributed by atoms with E-state index in [0.29, 0.717) is 11.4 Å². The number of amides is 1. The Morgan fingerprint density at radius 3 is 2.76 bits per heavy atom. The zero-order valence-corrected chi connectivity index (χ0v) is 13.4. The number of unbranched alkanes of at least 4 members (excludes halogenated alkanes) is 1. The van der Waals surface area contributed by atoms with Crippen molar-refractivity contribution in [3.63, 3.8) is 0 Å². The van der Waals surface area contributed by atoms with Gasteiger partial charge in [-0.25, -0.2) is 0 Å². The first-order chi connectivity index (χ1) is 10.1. The van der Waals surface area contributed by atoms with E-state index in [0.717, 1.165) is 49.3 Å². The molecule has 0 spiro atoms. The fraction of sp³-hybridized carbons (Fsp3) is 0.600. The van der Waals surface area contributed by atoms with Gasteiger partial charge < -0.3 is 20.1 Å². The molecule has 2 rings (SSSR count). The number of rotatable bonds is 6. The van der Waals surface area contributed by atoms with Crippen molar-refractivity contribution in [1.82, 2.24) is 0 Å². The van der Waals surface area contributed by atoms with Crippen LogP contribution in [0.1, 0.15) is 53.9 Å². The van der Waals surface area contributed by atoms with Crippen molar-refractivity contribution in [2.45, 2.75) is 46.1 Å². The maximum absolute atomic E-state index is 11.9. The normalized spacial score (nSPS) is 17.3. The van der Waals surface area contributed by atoms with Gasteiger partial charge in [-0.2, -0.15) is 0 Å². The summed E-state index contributed by atoms with van der Waals surface area (Å²) in [5.41, 5.74) is 1.07. The number of carboxylic acid groups (broad SMARTS) is 1. The lowest BCUT2D eigenvalue weighted by Gasteiger charge is -2.23. The molecule has 0 saturated heterocycles. The van der Waals surface area contributed by atoms with Gasteiger partial charge >= 0.3 is 0 Å². The van der Waals surface area contributed by atoms with Crippen molar-refractivity contribution in [3.8, 4) is 0 Å². The summed E-state index contributed by atoms with van der Waals surface area (Å²) in [7, 11) is 0. The van der Waals surface area contributed by atoms with Crippen molar-refractivity contribution in [3.05, 3.63) is 16.0 Å². The van der Waals surface area contributed by atoms with Crippen molar-refractivity contribution < 1.29 is 19.6 Å². The second kappa shape index (κ2) is 7.04. The molecular weight excluding hydrogens is 288 g/mol. The summed E-state index contributed by atoms with van der Waals surface area (Å²) in [6.07, 6.45) is 2.92. The lowest BCUT2D eigenvalue weighted by atomic mass is 10.0. The minimum absolute atomic E-state index is 0.113. The van der Waals surface area contributed by atoms with Crippen LogP contribution in [0.25, 0.3) is 0 Å². The SMILES string of the molecule is CCCCC(=O)Nc1sc2c(c1C(=O)[O-])CC[NH+](CC)C2. The monoisotopic (exact) mass is 310 g/mol. The highest BCUT2D eigenvalue weighted by atomic mass is 32.1. The molecule has 0 fully saturated rings. The molecule has 1 aromatic rings. The second-order valence-corrected chi connectivity index (χ2v) is 6.53. The Balaban J connectivity index is 2.23. The van der Waals surface area contributed by atoms with Crippen LogP contribution >= 0.6 is 11.3 Å². The molecular formula is C15H22N2O3S. The first kappa shape index (κ1) is 16.0. The summed E-state index contributed by atoms with van der Waals surface area (Å²) in [4.78, 5) is 25.8. The van der Waals surface area contributed by atoms with Crippen LogP contribution in [0.3, 0.4) is 0 Å². The van der Waals surface area contributed by atoms with Crippen LogP contribution in [0.4, 0.5) is 5.00 Å². The third-order valence-corrected chi connectivity index (χ3v) is 5.09. The zero-order chi connectivity index (χ0) is 15.4. The number of carbonyl (C=O) groups excluding carboxylic acids is 2. The summed E-state index contributed by atoms with van der Waals surface area (Å²) in [6, 6.07) is 0. The molecule has 1 amide bonds. The van der Waals surface area contributed by atoms with Crippen LogP contribution < -0.4 is 15.3 Å². The summed E-state index contributed by atoms with van der Waals surface area (Å²) in [6.45, 7) is 6.94. The van der Waals surface area contributed by atoms with Crippen molar-refractivity contribution in [2.24, 2.45) is 0 Å². The van der Waals surface area contributed by atoms with Gasteiger partial charge in [-0.05, 0) is 18.9 Å². The van der Waals surface area contributed by atoms with E-state index in [4.69, 9.17) is 0 Å². The van der Waals surface area contributed by atoms with Gasteiger partial charge in [0.15, 0.2) is 0 Å². The van der Waals surface area contributed by atoms with E-state index >= 15 is 0 Å². The number of carboxylic acids is 1. The molecule has 1 aromatic heterocycles. The molecule has 116 valence electrons. The fourth-order valence-electron chi connectivity index (χ4n) is 2.67. The Bertz CT molecular complexity index is 539. The molecule has 0 aliphatic carbocycles. The van der Waals surface area contributed by atoms with E-state index < -0.39 is 5.97 Å². The first-order valence-electron chi connectivity index (χ1n) is 7.56. The number of aromatic carboxylic acids is 1. The summed E-state index contributed by atoms with van der Waals surface area (Å²) < 4.78 is 0. The van der Waals surface area contributed by atoms with Gasteiger partial charge in [0.25, 0.3) is 0 Å². The molecule has 6 heteroatoms. The molecule has 0 aromatic carbocycles. The smallest absolute Gasteiger partial charge is 0.224 e. The Labute approximate surface area is 129 Å². The van der Waals surface area contributed by atoms with Gasteiger partial charge in [-0.3, -0.25) is 4.79 Å². The van der Waals surface area contributed by atoms with Gasteiger partial charge in [-0.1, -0.05) is 13.3 Å². The summed E-state index contributed by atoms with van der Waals surface area (Å²) in [5, 5.41) is 14.7. The van der Waals surface area contributed by atoms with Crippen molar-refractivity contribution in [2.75, 3.05) is 18.4 Å². The number of quaternary nitrogens is 1. The zero-order valence-electron chi connectivity index (χ0n) is 12.6. The largest absolute Gasteiger partial charge is 0.545 e. The van der Waals surface area contributed by atoms with Crippen molar-refractivity contribution >= 4 is 28.2 Å². The summed E-state index contributed by atoms with van der Waals surface area (Å²) >= 11 is 1.40. The van der Waals surface area contributed by atoms with E-state index in [1.54, 1.807) is 0 Å². The Morgan fingerprint density at radius 2 is 2.14 bits per heavy atom. The Kier molecular flexibility index (Phi) is 5.36. The molecule has 2 N–H and O–H groups in total. The van der Waals surface area contributed by atoms with Gasteiger partial charge in [0.1, 0.15) is 11.5 Å². The lowest BCUT2D eigenvalue weighted by Crippen LogP contribution is -3.11. The average molecular weight is 310 g/mol. The Hall–Kier alpha value is -1.40. The fourth-order valence-corrected chi connectivity index (χ4v) is 3.99. The lowest BCUT2D eigenvalue weighted by molar-refractivity contribution is -0.913. The molecule has 1 unspecified atom stereocenters. The molecule has 0 radical (unpaired) electrons. The van der Waals surface area contributed by atoms with E-state index in [2.05, 4.69) is 12.2 Å². The van der Waals surface area contributed by atoms with E-state index in [-0.39, 0.29) is 11.5 Å². The third kappa shape index (κ3) is 3.63. The van der Waals surface area contributed by atoms with E-state index in [9.17, 15) is 14.7 Å². The van der Waals surface area contributed by atoms with Gasteiger partial charge in [0.2, 0.25) is 5.91 Å². The maximum atomic E-state index is 11.9. The minimum Gasteiger partial charge on any atom is -0.545 e. The van der Waals surface area contributed by atoms with Gasteiger partial charge in [0.05, 0.1) is 23.9 Å². The molecule has 1 atom stereocenters.